The number of aromatic amines is 1. The summed E-state index contributed by atoms with van der Waals surface area (Å²) in [5, 5.41) is 1.18. The van der Waals surface area contributed by atoms with Gasteiger partial charge in [0.25, 0.3) is 0 Å². The molecule has 1 atom stereocenters. The van der Waals surface area contributed by atoms with Crippen molar-refractivity contribution < 1.29 is 4.39 Å². The van der Waals surface area contributed by atoms with Gasteiger partial charge in [-0.25, -0.2) is 4.39 Å². The Labute approximate surface area is 123 Å². The van der Waals surface area contributed by atoms with Crippen LogP contribution >= 0.6 is 0 Å². The predicted molar refractivity (Wildman–Crippen MR) is 84.9 cm³/mol. The third-order valence-electron chi connectivity index (χ3n) is 4.02. The van der Waals surface area contributed by atoms with Crippen molar-refractivity contribution in [2.45, 2.75) is 19.3 Å². The molecule has 2 nitrogen and oxygen atoms in total. The molecule has 0 aliphatic heterocycles. The van der Waals surface area contributed by atoms with Crippen LogP contribution in [0.1, 0.15) is 22.6 Å². The van der Waals surface area contributed by atoms with Crippen molar-refractivity contribution in [2.75, 3.05) is 6.54 Å². The molecule has 0 radical (unpaired) electrons. The number of nitrogens with two attached hydrogens (primary N) is 1. The average molecular weight is 282 g/mol. The minimum absolute atomic E-state index is 0.109. The first-order valence-corrected chi connectivity index (χ1v) is 7.20. The molecule has 0 aliphatic rings. The molecule has 0 amide bonds. The van der Waals surface area contributed by atoms with Gasteiger partial charge in [-0.05, 0) is 49.2 Å². The highest BCUT2D eigenvalue weighted by Crippen LogP contribution is 2.29. The number of hydrogen-bond acceptors (Lipinski definition) is 1. The highest BCUT2D eigenvalue weighted by Gasteiger charge is 2.16. The number of benzene rings is 2. The van der Waals surface area contributed by atoms with E-state index in [4.69, 9.17) is 5.73 Å². The zero-order valence-electron chi connectivity index (χ0n) is 12.1. The minimum Gasteiger partial charge on any atom is -0.361 e. The quantitative estimate of drug-likeness (QED) is 0.748. The normalized spacial score (nSPS) is 12.7. The van der Waals surface area contributed by atoms with E-state index >= 15 is 0 Å². The van der Waals surface area contributed by atoms with Crippen LogP contribution in [0.4, 0.5) is 4.39 Å². The van der Waals surface area contributed by atoms with Crippen LogP contribution in [-0.4, -0.2) is 11.5 Å². The third kappa shape index (κ3) is 2.69. The maximum atomic E-state index is 13.9. The molecule has 0 bridgehead atoms. The maximum absolute atomic E-state index is 13.9. The Bertz CT molecular complexity index is 761. The predicted octanol–water partition coefficient (Wildman–Crippen LogP) is 3.90. The molecule has 0 spiro atoms. The van der Waals surface area contributed by atoms with E-state index in [-0.39, 0.29) is 11.7 Å². The lowest BCUT2D eigenvalue weighted by Gasteiger charge is -2.15. The number of rotatable bonds is 4. The summed E-state index contributed by atoms with van der Waals surface area (Å²) in [7, 11) is 0. The molecule has 3 heteroatoms. The van der Waals surface area contributed by atoms with E-state index < -0.39 is 0 Å². The second-order valence-electron chi connectivity index (χ2n) is 5.52. The summed E-state index contributed by atoms with van der Waals surface area (Å²) >= 11 is 0. The van der Waals surface area contributed by atoms with Crippen LogP contribution in [-0.2, 0) is 6.42 Å². The Hall–Kier alpha value is -2.13. The van der Waals surface area contributed by atoms with E-state index in [1.807, 2.05) is 18.3 Å². The average Bonchev–Trinajstić information content (AvgIpc) is 2.89. The molecule has 3 rings (SSSR count). The fourth-order valence-electron chi connectivity index (χ4n) is 2.84. The van der Waals surface area contributed by atoms with Crippen molar-refractivity contribution >= 4 is 10.9 Å². The first-order chi connectivity index (χ1) is 10.2. The lowest BCUT2D eigenvalue weighted by molar-refractivity contribution is 0.591. The van der Waals surface area contributed by atoms with E-state index in [1.165, 1.54) is 22.6 Å². The monoisotopic (exact) mass is 282 g/mol. The van der Waals surface area contributed by atoms with Gasteiger partial charge in [-0.15, -0.1) is 0 Å². The number of nitrogens with one attached hydrogen (secondary N) is 1. The first kappa shape index (κ1) is 13.8. The van der Waals surface area contributed by atoms with Crippen LogP contribution in [0, 0.1) is 12.7 Å². The van der Waals surface area contributed by atoms with Crippen LogP contribution in [0.3, 0.4) is 0 Å². The molecule has 0 aliphatic carbocycles. The van der Waals surface area contributed by atoms with Crippen molar-refractivity contribution in [2.24, 2.45) is 5.73 Å². The lowest BCUT2D eigenvalue weighted by atomic mass is 9.91. The molecule has 21 heavy (non-hydrogen) atoms. The Morgan fingerprint density at radius 1 is 1.19 bits per heavy atom. The van der Waals surface area contributed by atoms with E-state index in [9.17, 15) is 4.39 Å². The number of aryl methyl sites for hydroxylation is 1. The summed E-state index contributed by atoms with van der Waals surface area (Å²) in [6.45, 7) is 2.57. The minimum atomic E-state index is -0.160. The molecular formula is C18H19FN2. The van der Waals surface area contributed by atoms with Crippen LogP contribution in [0.15, 0.2) is 48.7 Å². The van der Waals surface area contributed by atoms with Crippen molar-refractivity contribution in [1.82, 2.24) is 4.98 Å². The summed E-state index contributed by atoms with van der Waals surface area (Å²) in [4.78, 5) is 3.28. The largest absolute Gasteiger partial charge is 0.361 e. The molecule has 1 aromatic heterocycles. The summed E-state index contributed by atoms with van der Waals surface area (Å²) < 4.78 is 13.9. The zero-order chi connectivity index (χ0) is 14.8. The maximum Gasteiger partial charge on any atom is 0.126 e. The van der Waals surface area contributed by atoms with Gasteiger partial charge in [0, 0.05) is 23.0 Å². The van der Waals surface area contributed by atoms with E-state index in [1.54, 1.807) is 6.07 Å². The molecule has 3 N–H and O–H groups in total. The smallest absolute Gasteiger partial charge is 0.126 e. The van der Waals surface area contributed by atoms with Crippen LogP contribution in [0.5, 0.6) is 0 Å². The summed E-state index contributed by atoms with van der Waals surface area (Å²) in [6, 6.07) is 13.2. The van der Waals surface area contributed by atoms with Gasteiger partial charge in [0.15, 0.2) is 0 Å². The first-order valence-electron chi connectivity index (χ1n) is 7.20. The number of halogens is 1. The van der Waals surface area contributed by atoms with Gasteiger partial charge >= 0.3 is 0 Å². The van der Waals surface area contributed by atoms with Gasteiger partial charge < -0.3 is 10.7 Å². The number of aromatic nitrogens is 1. The molecule has 2 aromatic carbocycles. The van der Waals surface area contributed by atoms with E-state index in [0.717, 1.165) is 11.1 Å². The van der Waals surface area contributed by atoms with Gasteiger partial charge in [0.2, 0.25) is 0 Å². The molecule has 0 saturated heterocycles. The molecule has 1 heterocycles. The Balaban J connectivity index is 1.99. The van der Waals surface area contributed by atoms with Gasteiger partial charge in [-0.3, -0.25) is 0 Å². The van der Waals surface area contributed by atoms with Gasteiger partial charge in [-0.2, -0.15) is 0 Å². The second kappa shape index (κ2) is 5.70. The molecule has 108 valence electrons. The van der Waals surface area contributed by atoms with Crippen molar-refractivity contribution in [1.29, 1.82) is 0 Å². The zero-order valence-corrected chi connectivity index (χ0v) is 12.1. The Kier molecular flexibility index (Phi) is 3.76. The van der Waals surface area contributed by atoms with Crippen molar-refractivity contribution in [3.8, 4) is 0 Å². The fraction of sp³-hybridized carbons (Fsp3) is 0.222. The number of hydrogen-bond donors (Lipinski definition) is 2. The standard InChI is InChI=1S/C18H19FN2/c1-12-6-7-18-15(8-12)16(11-21-18)14(10-20)9-13-4-2-3-5-17(13)19/h2-8,11,14,21H,9-10,20H2,1H3. The summed E-state index contributed by atoms with van der Waals surface area (Å²) in [5.74, 6) is -0.0515. The second-order valence-corrected chi connectivity index (χ2v) is 5.52. The van der Waals surface area contributed by atoms with Crippen LogP contribution < -0.4 is 5.73 Å². The van der Waals surface area contributed by atoms with Gasteiger partial charge in [0.05, 0.1) is 0 Å². The molecule has 0 fully saturated rings. The van der Waals surface area contributed by atoms with E-state index in [0.29, 0.717) is 13.0 Å². The molecule has 0 saturated carbocycles. The van der Waals surface area contributed by atoms with E-state index in [2.05, 4.69) is 30.1 Å². The highest BCUT2D eigenvalue weighted by atomic mass is 19.1. The summed E-state index contributed by atoms with van der Waals surface area (Å²) in [5.41, 5.74) is 10.2. The van der Waals surface area contributed by atoms with Crippen molar-refractivity contribution in [3.05, 3.63) is 71.2 Å². The fourth-order valence-corrected chi connectivity index (χ4v) is 2.84. The summed E-state index contributed by atoms with van der Waals surface area (Å²) in [6.07, 6.45) is 2.62. The molecule has 3 aromatic rings. The number of H-pyrrole nitrogens is 1. The van der Waals surface area contributed by atoms with Crippen LogP contribution in [0.25, 0.3) is 10.9 Å². The number of fused-ring (bicyclic) bond motifs is 1. The lowest BCUT2D eigenvalue weighted by Crippen LogP contribution is -2.15. The molecular weight excluding hydrogens is 263 g/mol. The third-order valence-corrected chi connectivity index (χ3v) is 4.02. The SMILES string of the molecule is Cc1ccc2[nH]cc(C(CN)Cc3ccccc3F)c2c1. The Morgan fingerprint density at radius 2 is 2.00 bits per heavy atom. The highest BCUT2D eigenvalue weighted by molar-refractivity contribution is 5.84. The molecule has 1 unspecified atom stereocenters. The van der Waals surface area contributed by atoms with Gasteiger partial charge in [0.1, 0.15) is 5.82 Å². The van der Waals surface area contributed by atoms with Crippen LogP contribution in [0.2, 0.25) is 0 Å². The van der Waals surface area contributed by atoms with Crippen molar-refractivity contribution in [3.63, 3.8) is 0 Å². The Morgan fingerprint density at radius 3 is 2.76 bits per heavy atom. The topological polar surface area (TPSA) is 41.8 Å². The van der Waals surface area contributed by atoms with Gasteiger partial charge in [-0.1, -0.05) is 29.8 Å².